The summed E-state index contributed by atoms with van der Waals surface area (Å²) in [6.07, 6.45) is 2.59. The van der Waals surface area contributed by atoms with Crippen LogP contribution < -0.4 is 0 Å². The van der Waals surface area contributed by atoms with Crippen LogP contribution in [0.5, 0.6) is 0 Å². The molecule has 0 fully saturated rings. The molecule has 0 spiro atoms. The molecule has 0 unspecified atom stereocenters. The number of carboxylic acid groups (broad SMARTS) is 2. The molecule has 0 heterocycles. The molecule has 0 saturated carbocycles. The van der Waals surface area contributed by atoms with E-state index in [4.69, 9.17) is 10.2 Å². The lowest BCUT2D eigenvalue weighted by Gasteiger charge is -1.91. The largest absolute Gasteiger partial charge is 0.478 e. The second kappa shape index (κ2) is 4.95. The van der Waals surface area contributed by atoms with E-state index in [2.05, 4.69) is 4.74 Å². The Morgan fingerprint density at radius 1 is 1.33 bits per heavy atom. The van der Waals surface area contributed by atoms with Gasteiger partial charge < -0.3 is 14.9 Å². The van der Waals surface area contributed by atoms with Gasteiger partial charge in [-0.15, -0.1) is 0 Å². The van der Waals surface area contributed by atoms with Crippen LogP contribution in [0.15, 0.2) is 24.2 Å². The number of rotatable bonds is 4. The van der Waals surface area contributed by atoms with Crippen LogP contribution in [-0.2, 0) is 14.3 Å². The van der Waals surface area contributed by atoms with Crippen molar-refractivity contribution in [3.8, 4) is 0 Å². The number of ether oxygens (including phenoxy) is 1. The first-order valence-electron chi connectivity index (χ1n) is 2.99. The molecule has 0 aliphatic carbocycles. The second-order valence-corrected chi connectivity index (χ2v) is 1.88. The van der Waals surface area contributed by atoms with E-state index >= 15 is 0 Å². The van der Waals surface area contributed by atoms with Crippen LogP contribution >= 0.6 is 0 Å². The standard InChI is InChI=1S/C7H8O5/c1-5(7(10)11)4-12-3-2-6(8)9/h2-4H,1H3,(H,8,9)(H,10,11). The average molecular weight is 172 g/mol. The summed E-state index contributed by atoms with van der Waals surface area (Å²) in [5.74, 6) is -2.27. The van der Waals surface area contributed by atoms with Crippen LogP contribution in [0.2, 0.25) is 0 Å². The van der Waals surface area contributed by atoms with E-state index in [9.17, 15) is 9.59 Å². The zero-order valence-corrected chi connectivity index (χ0v) is 6.35. The molecule has 0 aromatic carbocycles. The van der Waals surface area contributed by atoms with Crippen molar-refractivity contribution >= 4 is 11.9 Å². The first-order valence-corrected chi connectivity index (χ1v) is 2.99. The van der Waals surface area contributed by atoms with E-state index < -0.39 is 11.9 Å². The molecule has 12 heavy (non-hydrogen) atoms. The Hall–Kier alpha value is -1.78. The van der Waals surface area contributed by atoms with E-state index in [-0.39, 0.29) is 5.57 Å². The van der Waals surface area contributed by atoms with Gasteiger partial charge in [-0.3, -0.25) is 0 Å². The van der Waals surface area contributed by atoms with Gasteiger partial charge in [0, 0.05) is 0 Å². The summed E-state index contributed by atoms with van der Waals surface area (Å²) >= 11 is 0. The summed E-state index contributed by atoms with van der Waals surface area (Å²) in [5, 5.41) is 16.4. The second-order valence-electron chi connectivity index (χ2n) is 1.88. The van der Waals surface area contributed by atoms with Crippen molar-refractivity contribution in [2.75, 3.05) is 0 Å². The molecule has 0 aromatic rings. The molecule has 5 nitrogen and oxygen atoms in total. The minimum absolute atomic E-state index is 0.00922. The third-order valence-corrected chi connectivity index (χ3v) is 0.871. The number of carboxylic acids is 2. The van der Waals surface area contributed by atoms with Gasteiger partial charge >= 0.3 is 11.9 Å². The maximum atomic E-state index is 10.1. The molecule has 0 aliphatic heterocycles. The Morgan fingerprint density at radius 3 is 2.33 bits per heavy atom. The highest BCUT2D eigenvalue weighted by atomic mass is 16.5. The third kappa shape index (κ3) is 5.04. The molecular formula is C7H8O5. The third-order valence-electron chi connectivity index (χ3n) is 0.871. The minimum atomic E-state index is -1.16. The van der Waals surface area contributed by atoms with Gasteiger partial charge in [0.15, 0.2) is 0 Å². The zero-order chi connectivity index (χ0) is 9.56. The van der Waals surface area contributed by atoms with Gasteiger partial charge in [0.25, 0.3) is 0 Å². The van der Waals surface area contributed by atoms with Crippen molar-refractivity contribution in [2.24, 2.45) is 0 Å². The summed E-state index contributed by atoms with van der Waals surface area (Å²) in [5.41, 5.74) is -0.00922. The van der Waals surface area contributed by atoms with Crippen LogP contribution in [0.4, 0.5) is 0 Å². The van der Waals surface area contributed by atoms with E-state index in [1.807, 2.05) is 0 Å². The monoisotopic (exact) mass is 172 g/mol. The quantitative estimate of drug-likeness (QED) is 0.479. The van der Waals surface area contributed by atoms with E-state index in [0.717, 1.165) is 18.6 Å². The predicted octanol–water partition coefficient (Wildman–Crippen LogP) is 0.590. The lowest BCUT2D eigenvalue weighted by molar-refractivity contribution is -0.133. The number of hydrogen-bond acceptors (Lipinski definition) is 3. The Morgan fingerprint density at radius 2 is 1.92 bits per heavy atom. The number of carbonyl (C=O) groups is 2. The highest BCUT2D eigenvalue weighted by Crippen LogP contribution is 1.92. The topological polar surface area (TPSA) is 83.8 Å². The Kier molecular flexibility index (Phi) is 4.21. The van der Waals surface area contributed by atoms with Gasteiger partial charge in [-0.1, -0.05) is 0 Å². The lowest BCUT2D eigenvalue weighted by atomic mass is 10.3. The van der Waals surface area contributed by atoms with Crippen molar-refractivity contribution in [1.82, 2.24) is 0 Å². The summed E-state index contributed by atoms with van der Waals surface area (Å²) in [7, 11) is 0. The Balaban J connectivity index is 3.90. The van der Waals surface area contributed by atoms with Crippen LogP contribution in [-0.4, -0.2) is 22.2 Å². The molecule has 0 aromatic heterocycles. The predicted molar refractivity (Wildman–Crippen MR) is 39.3 cm³/mol. The Labute approximate surface area is 68.6 Å². The average Bonchev–Trinajstić information content (AvgIpc) is 1.97. The van der Waals surface area contributed by atoms with Gasteiger partial charge in [-0.25, -0.2) is 9.59 Å². The zero-order valence-electron chi connectivity index (χ0n) is 6.35. The maximum Gasteiger partial charge on any atom is 0.334 e. The molecule has 0 bridgehead atoms. The molecule has 5 heteroatoms. The van der Waals surface area contributed by atoms with Gasteiger partial charge in [-0.05, 0) is 6.92 Å². The van der Waals surface area contributed by atoms with Crippen molar-refractivity contribution < 1.29 is 24.5 Å². The van der Waals surface area contributed by atoms with Gasteiger partial charge in [0.05, 0.1) is 17.9 Å². The Bertz CT molecular complexity index is 238. The summed E-state index contributed by atoms with van der Waals surface area (Å²) in [6, 6.07) is 0. The highest BCUT2D eigenvalue weighted by Gasteiger charge is 1.97. The summed E-state index contributed by atoms with van der Waals surface area (Å²) in [4.78, 5) is 20.0. The highest BCUT2D eigenvalue weighted by molar-refractivity contribution is 5.85. The fraction of sp³-hybridized carbons (Fsp3) is 0.143. The van der Waals surface area contributed by atoms with Crippen molar-refractivity contribution in [2.45, 2.75) is 6.92 Å². The molecule has 0 saturated heterocycles. The first kappa shape index (κ1) is 10.2. The molecule has 0 amide bonds. The normalized spacial score (nSPS) is 11.6. The molecular weight excluding hydrogens is 164 g/mol. The van der Waals surface area contributed by atoms with E-state index in [1.165, 1.54) is 6.92 Å². The van der Waals surface area contributed by atoms with Crippen LogP contribution in [0.25, 0.3) is 0 Å². The van der Waals surface area contributed by atoms with Crippen molar-refractivity contribution in [3.05, 3.63) is 24.2 Å². The fourth-order valence-electron chi connectivity index (χ4n) is 0.289. The van der Waals surface area contributed by atoms with Gasteiger partial charge in [0.1, 0.15) is 6.26 Å². The molecule has 0 radical (unpaired) electrons. The molecule has 66 valence electrons. The maximum absolute atomic E-state index is 10.1. The SMILES string of the molecule is CC(=COC=CC(=O)O)C(=O)O. The summed E-state index contributed by atoms with van der Waals surface area (Å²) in [6.45, 7) is 1.33. The van der Waals surface area contributed by atoms with Crippen LogP contribution in [0.3, 0.4) is 0 Å². The number of aliphatic carboxylic acids is 2. The molecule has 0 rings (SSSR count). The van der Waals surface area contributed by atoms with E-state index in [1.54, 1.807) is 0 Å². The molecule has 2 N–H and O–H groups in total. The van der Waals surface area contributed by atoms with Crippen molar-refractivity contribution in [3.63, 3.8) is 0 Å². The van der Waals surface area contributed by atoms with Gasteiger partial charge in [-0.2, -0.15) is 0 Å². The smallest absolute Gasteiger partial charge is 0.334 e. The minimum Gasteiger partial charge on any atom is -0.478 e. The fourth-order valence-corrected chi connectivity index (χ4v) is 0.289. The van der Waals surface area contributed by atoms with Crippen LogP contribution in [0.1, 0.15) is 6.92 Å². The van der Waals surface area contributed by atoms with Crippen molar-refractivity contribution in [1.29, 1.82) is 0 Å². The van der Waals surface area contributed by atoms with Gasteiger partial charge in [0.2, 0.25) is 0 Å². The number of hydrogen-bond donors (Lipinski definition) is 2. The summed E-state index contributed by atoms with van der Waals surface area (Å²) < 4.78 is 4.46. The van der Waals surface area contributed by atoms with Crippen LogP contribution in [0, 0.1) is 0 Å². The lowest BCUT2D eigenvalue weighted by Crippen LogP contribution is -1.95. The molecule has 0 aliphatic rings. The van der Waals surface area contributed by atoms with E-state index in [0.29, 0.717) is 0 Å². The first-order chi connectivity index (χ1) is 5.54. The molecule has 0 atom stereocenters.